The van der Waals surface area contributed by atoms with E-state index in [4.69, 9.17) is 19.9 Å². The maximum absolute atomic E-state index is 12.2. The highest BCUT2D eigenvalue weighted by Gasteiger charge is 2.27. The second kappa shape index (κ2) is 41.7. The topological polar surface area (TPSA) is 343 Å². The smallest absolute Gasteiger partial charge is 0.251 e. The first-order valence-corrected chi connectivity index (χ1v) is 41.7. The molecule has 634 valence electrons. The number of nitrogens with two attached hydrogens (primary N) is 1. The van der Waals surface area contributed by atoms with Gasteiger partial charge in [0.1, 0.15) is 48.5 Å². The van der Waals surface area contributed by atoms with Crippen molar-refractivity contribution in [2.24, 2.45) is 11.7 Å². The van der Waals surface area contributed by atoms with Crippen molar-refractivity contribution in [3.05, 3.63) is 269 Å². The minimum atomic E-state index is -0.470. The number of likely N-dealkylation sites (N-methyl/N-ethyl adjacent to an activating group) is 1. The number of aromatic nitrogens is 5. The van der Waals surface area contributed by atoms with Crippen molar-refractivity contribution in [1.82, 2.24) is 33.5 Å². The third-order valence-electron chi connectivity index (χ3n) is 22.2. The maximum atomic E-state index is 12.2. The number of ether oxygens (including phenoxy) is 3. The van der Waals surface area contributed by atoms with Crippen LogP contribution in [0.15, 0.2) is 231 Å². The fourth-order valence-corrected chi connectivity index (χ4v) is 16.1. The highest BCUT2D eigenvalue weighted by atomic mass is 16.5. The summed E-state index contributed by atoms with van der Waals surface area (Å²) in [6.45, 7) is 16.9. The van der Waals surface area contributed by atoms with Crippen LogP contribution in [0.25, 0.3) is 111 Å². The molecular weight excluding hydrogens is 1580 g/mol. The van der Waals surface area contributed by atoms with Gasteiger partial charge < -0.3 is 69.4 Å². The maximum Gasteiger partial charge on any atom is 0.251 e. The number of nitrogens with zero attached hydrogens (tertiary/aromatic N) is 10. The average molecular weight is 1680 g/mol. The van der Waals surface area contributed by atoms with E-state index in [0.29, 0.717) is 63.5 Å². The number of fused-ring (bicyclic) bond motifs is 5. The molecule has 5 heterocycles. The molecule has 0 bridgehead atoms. The second-order valence-corrected chi connectivity index (χ2v) is 29.6. The Hall–Kier alpha value is -15.8. The third-order valence-corrected chi connectivity index (χ3v) is 22.2. The third kappa shape index (κ3) is 19.1. The van der Waals surface area contributed by atoms with Crippen LogP contribution in [0.1, 0.15) is 109 Å². The van der Waals surface area contributed by atoms with Crippen molar-refractivity contribution < 1.29 is 38.2 Å². The Morgan fingerprint density at radius 2 is 0.738 bits per heavy atom. The molecule has 7 N–H and O–H groups in total. The number of primary amides is 1. The lowest BCUT2D eigenvalue weighted by atomic mass is 9.85. The minimum Gasteiger partial charge on any atom is -0.497 e. The van der Waals surface area contributed by atoms with Gasteiger partial charge in [-0.25, -0.2) is 0 Å². The monoisotopic (exact) mass is 1670 g/mol. The summed E-state index contributed by atoms with van der Waals surface area (Å²) in [5, 5.41) is 67.6. The number of hydrogen-bond donors (Lipinski definition) is 6. The molecule has 1 fully saturated rings. The number of nitrogens with one attached hydrogen (secondary N) is 5. The second-order valence-electron chi connectivity index (χ2n) is 29.6. The summed E-state index contributed by atoms with van der Waals surface area (Å²) in [5.41, 5.74) is 26.1. The summed E-state index contributed by atoms with van der Waals surface area (Å²) in [4.78, 5) is 58.3. The van der Waals surface area contributed by atoms with Crippen LogP contribution in [0.3, 0.4) is 0 Å². The van der Waals surface area contributed by atoms with E-state index in [1.54, 1.807) is 38.5 Å². The quantitative estimate of drug-likeness (QED) is 0.0324. The largest absolute Gasteiger partial charge is 0.497 e. The minimum absolute atomic E-state index is 0.0183. The van der Waals surface area contributed by atoms with Gasteiger partial charge in [0.05, 0.1) is 81.5 Å². The van der Waals surface area contributed by atoms with Crippen LogP contribution in [0.2, 0.25) is 0 Å². The number of hydrogen-bond acceptors (Lipinski definition) is 14. The predicted octanol–water partition coefficient (Wildman–Crippen LogP) is 19.3. The molecule has 15 aromatic rings. The summed E-state index contributed by atoms with van der Waals surface area (Å²) in [6, 6.07) is 84.4. The lowest BCUT2D eigenvalue weighted by molar-refractivity contribution is -0.122. The highest BCUT2D eigenvalue weighted by Crippen LogP contribution is 2.41. The molecule has 0 atom stereocenters. The zero-order chi connectivity index (χ0) is 89.7. The molecular formula is C102H98N16O8. The summed E-state index contributed by atoms with van der Waals surface area (Å²) >= 11 is 0. The van der Waals surface area contributed by atoms with Crippen LogP contribution in [0, 0.1) is 62.6 Å². The number of methoxy groups -OCH3 is 3. The zero-order valence-electron chi connectivity index (χ0n) is 72.1. The van der Waals surface area contributed by atoms with Crippen LogP contribution < -0.4 is 41.8 Å². The van der Waals surface area contributed by atoms with Gasteiger partial charge in [-0.15, -0.1) is 0 Å². The Kier molecular flexibility index (Phi) is 29.6. The fourth-order valence-electron chi connectivity index (χ4n) is 16.1. The summed E-state index contributed by atoms with van der Waals surface area (Å²) < 4.78 is 26.1. The molecule has 5 aromatic heterocycles. The number of benzene rings is 10. The lowest BCUT2D eigenvalue weighted by Gasteiger charge is -2.24. The molecule has 24 heteroatoms. The van der Waals surface area contributed by atoms with E-state index >= 15 is 0 Å². The number of carbonyl (C=O) groups excluding carboxylic acids is 5. The molecule has 0 radical (unpaired) electrons. The first kappa shape index (κ1) is 89.5. The van der Waals surface area contributed by atoms with Gasteiger partial charge in [0, 0.05) is 144 Å². The first-order valence-electron chi connectivity index (χ1n) is 41.7. The highest BCUT2D eigenvalue weighted by molar-refractivity contribution is 6.02. The average Bonchev–Trinajstić information content (AvgIpc) is 1.63. The van der Waals surface area contributed by atoms with Gasteiger partial charge in [-0.1, -0.05) is 122 Å². The van der Waals surface area contributed by atoms with Crippen LogP contribution >= 0.6 is 0 Å². The van der Waals surface area contributed by atoms with Crippen molar-refractivity contribution in [2.75, 3.05) is 64.0 Å². The van der Waals surface area contributed by atoms with E-state index in [1.807, 2.05) is 221 Å². The SMILES string of the molecule is CCn1c(-c2ccc(C(=O)NCCNC)cc2)c(C#N)c2ccc(OC)cc21.CCn1c(-c2ccc(C(N)=O)cc2)c(C#N)c2cc(OC)ccc21.CCn1c(-c2ccc(NC(=O)C3CCC3)cc2)c(C#N)c2ccccc21.CCn1c(-c2ccc(NC(=O)COC)cc2)c(C#N)c2ccccc21.CCn1c(-c2ccc(NC(C)=O)cc2)c(C#N)c2ccccc21. The van der Waals surface area contributed by atoms with Crippen molar-refractivity contribution in [3.63, 3.8) is 0 Å². The van der Waals surface area contributed by atoms with E-state index in [-0.39, 0.29) is 36.2 Å². The summed E-state index contributed by atoms with van der Waals surface area (Å²) in [7, 11) is 6.56. The lowest BCUT2D eigenvalue weighted by Crippen LogP contribution is -2.30. The van der Waals surface area contributed by atoms with Crippen LogP contribution in [0.4, 0.5) is 17.1 Å². The van der Waals surface area contributed by atoms with Gasteiger partial charge in [-0.05, 0) is 192 Å². The Morgan fingerprint density at radius 3 is 1.10 bits per heavy atom. The number of carbonyl (C=O) groups is 5. The molecule has 1 saturated carbocycles. The van der Waals surface area contributed by atoms with Gasteiger partial charge in [-0.3, -0.25) is 24.0 Å². The number of anilines is 3. The summed E-state index contributed by atoms with van der Waals surface area (Å²) in [5.74, 6) is 0.874. The molecule has 16 rings (SSSR count). The molecule has 1 aliphatic rings. The van der Waals surface area contributed by atoms with Gasteiger partial charge in [0.2, 0.25) is 23.6 Å². The normalized spacial score (nSPS) is 11.3. The van der Waals surface area contributed by atoms with E-state index in [1.165, 1.54) is 14.0 Å². The van der Waals surface area contributed by atoms with E-state index < -0.39 is 5.91 Å². The van der Waals surface area contributed by atoms with Crippen LogP contribution in [-0.4, -0.2) is 100 Å². The van der Waals surface area contributed by atoms with Crippen LogP contribution in [0.5, 0.6) is 11.5 Å². The zero-order valence-corrected chi connectivity index (χ0v) is 72.1. The standard InChI is InChI=1S/C22H24N4O2.C22H21N3O.C20H19N3O2.C19H17N3O2.C19H17N3O/c1-4-26-20-13-17(28-3)9-10-18(20)19(14-23)21(26)15-5-7-16(8-6-15)22(27)25-12-11-24-2;1-2-25-20-9-4-3-8-18(20)19(14-23)21(25)15-10-12-17(13-11-15)24-22(26)16-6-5-7-16;1-3-23-18-7-5-4-6-16(18)17(12-21)20(23)14-8-10-15(11-9-14)22-19(24)13-25-2;1-3-22-17-9-8-14(24-2)10-15(17)16(11-20)18(22)12-4-6-13(7-5-12)19(21)23;1-3-22-18-7-5-4-6-16(18)17(12-20)19(22)14-8-10-15(11-9-14)21-13(2)23/h5-10,13,24H,4,11-12H2,1-3H3,(H,25,27);3-4,8-13,16H,2,5-7H2,1H3,(H,24,26);4-11H,3,13H2,1-2H3,(H,22,24);4-10H,3H2,1-2H3,(H2,21,23);4-11H,3H2,1-2H3,(H,21,23). The van der Waals surface area contributed by atoms with Crippen molar-refractivity contribution in [2.45, 2.75) is 93.5 Å². The van der Waals surface area contributed by atoms with Crippen molar-refractivity contribution in [3.8, 4) is 98.1 Å². The molecule has 5 amide bonds. The molecule has 1 aliphatic carbocycles. The molecule has 0 unspecified atom stereocenters. The number of nitriles is 5. The van der Waals surface area contributed by atoms with Gasteiger partial charge in [0.25, 0.3) is 5.91 Å². The molecule has 24 nitrogen and oxygen atoms in total. The molecule has 126 heavy (non-hydrogen) atoms. The van der Waals surface area contributed by atoms with E-state index in [0.717, 1.165) is 180 Å². The van der Waals surface area contributed by atoms with Gasteiger partial charge >= 0.3 is 0 Å². The Morgan fingerprint density at radius 1 is 0.397 bits per heavy atom. The van der Waals surface area contributed by atoms with Crippen molar-refractivity contribution in [1.29, 1.82) is 26.3 Å². The molecule has 0 saturated heterocycles. The van der Waals surface area contributed by atoms with Gasteiger partial charge in [-0.2, -0.15) is 26.3 Å². The van der Waals surface area contributed by atoms with E-state index in [9.17, 15) is 50.3 Å². The Bertz CT molecular complexity index is 6750. The molecule has 0 spiro atoms. The predicted molar refractivity (Wildman–Crippen MR) is 497 cm³/mol. The van der Waals surface area contributed by atoms with Gasteiger partial charge in [0.15, 0.2) is 0 Å². The number of aryl methyl sites for hydroxylation is 5. The first-order chi connectivity index (χ1) is 61.3. The summed E-state index contributed by atoms with van der Waals surface area (Å²) in [6.07, 6.45) is 3.13. The van der Waals surface area contributed by atoms with Crippen molar-refractivity contribution >= 4 is 101 Å². The molecule has 0 aliphatic heterocycles. The fraction of sp³-hybridized carbons (Fsp3) is 0.216. The molecule has 10 aromatic carbocycles. The van der Waals surface area contributed by atoms with Crippen LogP contribution in [-0.2, 0) is 51.8 Å². The number of rotatable bonds is 23. The van der Waals surface area contributed by atoms with E-state index in [2.05, 4.69) is 107 Å². The Labute approximate surface area is 731 Å². The Balaban J connectivity index is 0.000000143. The number of amides is 5. The number of para-hydroxylation sites is 3.